The van der Waals surface area contributed by atoms with Gasteiger partial charge in [0, 0.05) is 12.7 Å². The molecular weight excluding hydrogens is 248 g/mol. The minimum absolute atomic E-state index is 0.344. The van der Waals surface area contributed by atoms with Crippen LogP contribution in [0, 0.1) is 0 Å². The molecule has 1 heterocycles. The molecule has 0 bridgehead atoms. The summed E-state index contributed by atoms with van der Waals surface area (Å²) >= 11 is 0. The highest BCUT2D eigenvalue weighted by Gasteiger charge is 2.25. The summed E-state index contributed by atoms with van der Waals surface area (Å²) in [7, 11) is 2.00. The molecule has 0 fully saturated rings. The van der Waals surface area contributed by atoms with Gasteiger partial charge in [-0.05, 0) is 26.9 Å². The zero-order chi connectivity index (χ0) is 14.5. The molecule has 6 nitrogen and oxygen atoms in total. The average molecular weight is 272 g/mol. The summed E-state index contributed by atoms with van der Waals surface area (Å²) in [6.45, 7) is 5.57. The molecule has 0 radical (unpaired) electrons. The molecule has 0 aliphatic carbocycles. The second-order valence-electron chi connectivity index (χ2n) is 3.90. The molecule has 0 saturated heterocycles. The van der Waals surface area contributed by atoms with Gasteiger partial charge in [0.15, 0.2) is 0 Å². The van der Waals surface area contributed by atoms with Crippen molar-refractivity contribution in [3.05, 3.63) is 11.8 Å². The van der Waals surface area contributed by atoms with E-state index >= 15 is 0 Å². The molecule has 0 aromatic heterocycles. The Kier molecular flexibility index (Phi) is 10.8. The van der Waals surface area contributed by atoms with Crippen molar-refractivity contribution in [3.63, 3.8) is 0 Å². The van der Waals surface area contributed by atoms with Crippen molar-refractivity contribution in [1.29, 1.82) is 0 Å². The zero-order valence-corrected chi connectivity index (χ0v) is 11.9. The SMILES string of the molecule is CCCCCNC.CCOC1OC(=O)C=C1NC=O. The summed E-state index contributed by atoms with van der Waals surface area (Å²) in [5.74, 6) is -0.502. The molecule has 1 aliphatic heterocycles. The van der Waals surface area contributed by atoms with Crippen LogP contribution in [-0.2, 0) is 19.1 Å². The lowest BCUT2D eigenvalue weighted by Gasteiger charge is -2.12. The number of rotatable bonds is 8. The van der Waals surface area contributed by atoms with Crippen molar-refractivity contribution in [1.82, 2.24) is 10.6 Å². The number of amides is 1. The quantitative estimate of drug-likeness (QED) is 0.390. The minimum Gasteiger partial charge on any atom is -0.426 e. The summed E-state index contributed by atoms with van der Waals surface area (Å²) in [4.78, 5) is 20.7. The normalized spacial score (nSPS) is 17.1. The number of esters is 1. The fourth-order valence-electron chi connectivity index (χ4n) is 1.40. The third-order valence-corrected chi connectivity index (χ3v) is 2.32. The molecule has 1 rings (SSSR count). The molecule has 1 atom stereocenters. The maximum atomic E-state index is 10.7. The number of unbranched alkanes of at least 4 members (excludes halogenated alkanes) is 2. The Hall–Kier alpha value is -1.40. The molecule has 19 heavy (non-hydrogen) atoms. The van der Waals surface area contributed by atoms with Crippen LogP contribution in [-0.4, -0.2) is 38.9 Å². The van der Waals surface area contributed by atoms with Gasteiger partial charge < -0.3 is 20.1 Å². The average Bonchev–Trinajstić information content (AvgIpc) is 2.72. The molecule has 6 heteroatoms. The number of hydrogen-bond acceptors (Lipinski definition) is 5. The first-order chi connectivity index (χ1) is 9.19. The molecule has 1 amide bonds. The first kappa shape index (κ1) is 17.6. The summed E-state index contributed by atoms with van der Waals surface area (Å²) in [6.07, 6.45) is 4.91. The highest BCUT2D eigenvalue weighted by Crippen LogP contribution is 2.13. The van der Waals surface area contributed by atoms with E-state index in [-0.39, 0.29) is 0 Å². The van der Waals surface area contributed by atoms with Gasteiger partial charge >= 0.3 is 5.97 Å². The second-order valence-corrected chi connectivity index (χ2v) is 3.90. The maximum absolute atomic E-state index is 10.7. The Morgan fingerprint density at radius 2 is 2.16 bits per heavy atom. The lowest BCUT2D eigenvalue weighted by Crippen LogP contribution is -2.24. The highest BCUT2D eigenvalue weighted by molar-refractivity contribution is 5.86. The van der Waals surface area contributed by atoms with Crippen LogP contribution in [0.3, 0.4) is 0 Å². The highest BCUT2D eigenvalue weighted by atomic mass is 16.7. The Morgan fingerprint density at radius 3 is 2.68 bits per heavy atom. The van der Waals surface area contributed by atoms with E-state index in [0.29, 0.717) is 18.7 Å². The minimum atomic E-state index is -0.757. The Labute approximate surface area is 114 Å². The standard InChI is InChI=1S/C7H9NO4.C6H15N/c1-2-11-7-5(8-4-9)3-6(10)12-7;1-3-4-5-6-7-2/h3-4,7H,2H2,1H3,(H,8,9);7H,3-6H2,1-2H3. The van der Waals surface area contributed by atoms with E-state index < -0.39 is 12.3 Å². The molecule has 2 N–H and O–H groups in total. The first-order valence-electron chi connectivity index (χ1n) is 6.58. The van der Waals surface area contributed by atoms with E-state index in [1.165, 1.54) is 31.9 Å². The van der Waals surface area contributed by atoms with E-state index in [2.05, 4.69) is 17.6 Å². The summed E-state index contributed by atoms with van der Waals surface area (Å²) in [5, 5.41) is 5.42. The van der Waals surface area contributed by atoms with Gasteiger partial charge in [-0.1, -0.05) is 19.8 Å². The van der Waals surface area contributed by atoms with Crippen molar-refractivity contribution in [2.45, 2.75) is 39.4 Å². The van der Waals surface area contributed by atoms with Crippen LogP contribution in [0.2, 0.25) is 0 Å². The Balaban J connectivity index is 0.000000399. The number of carbonyl (C=O) groups is 2. The molecule has 1 aliphatic rings. The van der Waals surface area contributed by atoms with Crippen LogP contribution in [0.25, 0.3) is 0 Å². The molecule has 110 valence electrons. The van der Waals surface area contributed by atoms with Gasteiger partial charge in [-0.3, -0.25) is 4.79 Å². The van der Waals surface area contributed by atoms with E-state index in [9.17, 15) is 9.59 Å². The number of hydrogen-bond donors (Lipinski definition) is 2. The summed E-state index contributed by atoms with van der Waals surface area (Å²) in [5.41, 5.74) is 0.344. The monoisotopic (exact) mass is 272 g/mol. The fourth-order valence-corrected chi connectivity index (χ4v) is 1.40. The largest absolute Gasteiger partial charge is 0.426 e. The third kappa shape index (κ3) is 8.34. The van der Waals surface area contributed by atoms with Gasteiger partial charge in [0.1, 0.15) is 0 Å². The number of cyclic esters (lactones) is 1. The van der Waals surface area contributed by atoms with Crippen molar-refractivity contribution >= 4 is 12.4 Å². The van der Waals surface area contributed by atoms with E-state index in [0.717, 1.165) is 0 Å². The fraction of sp³-hybridized carbons (Fsp3) is 0.692. The van der Waals surface area contributed by atoms with Gasteiger partial charge in [-0.25, -0.2) is 4.79 Å². The molecule has 0 aromatic carbocycles. The van der Waals surface area contributed by atoms with Crippen molar-refractivity contribution in [3.8, 4) is 0 Å². The van der Waals surface area contributed by atoms with Crippen LogP contribution in [0.4, 0.5) is 0 Å². The predicted molar refractivity (Wildman–Crippen MR) is 72.2 cm³/mol. The molecule has 0 spiro atoms. The molecule has 0 saturated carbocycles. The van der Waals surface area contributed by atoms with Gasteiger partial charge in [0.25, 0.3) is 0 Å². The number of nitrogens with one attached hydrogen (secondary N) is 2. The second kappa shape index (κ2) is 11.7. The number of carbonyl (C=O) groups excluding carboxylic acids is 2. The Bertz CT molecular complexity index is 288. The van der Waals surface area contributed by atoms with Crippen LogP contribution in [0.15, 0.2) is 11.8 Å². The molecule has 1 unspecified atom stereocenters. The van der Waals surface area contributed by atoms with Crippen LogP contribution < -0.4 is 10.6 Å². The molecular formula is C13H24N2O4. The predicted octanol–water partition coefficient (Wildman–Crippen LogP) is 0.932. The van der Waals surface area contributed by atoms with Crippen LogP contribution in [0.1, 0.15) is 33.1 Å². The number of ether oxygens (including phenoxy) is 2. The third-order valence-electron chi connectivity index (χ3n) is 2.32. The summed E-state index contributed by atoms with van der Waals surface area (Å²) in [6, 6.07) is 0. The van der Waals surface area contributed by atoms with Crippen molar-refractivity contribution < 1.29 is 19.1 Å². The van der Waals surface area contributed by atoms with E-state index in [4.69, 9.17) is 9.47 Å². The smallest absolute Gasteiger partial charge is 0.335 e. The van der Waals surface area contributed by atoms with Crippen molar-refractivity contribution in [2.24, 2.45) is 0 Å². The van der Waals surface area contributed by atoms with Gasteiger partial charge in [-0.2, -0.15) is 0 Å². The van der Waals surface area contributed by atoms with Crippen molar-refractivity contribution in [2.75, 3.05) is 20.2 Å². The van der Waals surface area contributed by atoms with Crippen LogP contribution >= 0.6 is 0 Å². The Morgan fingerprint density at radius 1 is 1.42 bits per heavy atom. The van der Waals surface area contributed by atoms with Crippen LogP contribution in [0.5, 0.6) is 0 Å². The molecule has 0 aromatic rings. The summed E-state index contributed by atoms with van der Waals surface area (Å²) < 4.78 is 9.70. The van der Waals surface area contributed by atoms with E-state index in [1.807, 2.05) is 7.05 Å². The van der Waals surface area contributed by atoms with Gasteiger partial charge in [-0.15, -0.1) is 0 Å². The maximum Gasteiger partial charge on any atom is 0.335 e. The first-order valence-corrected chi connectivity index (χ1v) is 6.58. The van der Waals surface area contributed by atoms with Gasteiger partial charge in [0.2, 0.25) is 12.7 Å². The van der Waals surface area contributed by atoms with Gasteiger partial charge in [0.05, 0.1) is 5.70 Å². The lowest BCUT2D eigenvalue weighted by molar-refractivity contribution is -0.159. The topological polar surface area (TPSA) is 76.7 Å². The van der Waals surface area contributed by atoms with E-state index in [1.54, 1.807) is 6.92 Å². The zero-order valence-electron chi connectivity index (χ0n) is 11.9. The lowest BCUT2D eigenvalue weighted by atomic mass is 10.2.